The Balaban J connectivity index is 1.76. The molecule has 7 heteroatoms. The summed E-state index contributed by atoms with van der Waals surface area (Å²) in [6.45, 7) is 3.62. The quantitative estimate of drug-likeness (QED) is 0.599. The first-order chi connectivity index (χ1) is 11.1. The third-order valence-electron chi connectivity index (χ3n) is 3.26. The molecule has 0 aliphatic rings. The second-order valence-corrected chi connectivity index (χ2v) is 5.43. The zero-order chi connectivity index (χ0) is 16.7. The van der Waals surface area contributed by atoms with Crippen molar-refractivity contribution in [2.24, 2.45) is 0 Å². The number of methoxy groups -OCH3 is 2. The van der Waals surface area contributed by atoms with E-state index >= 15 is 0 Å². The molecule has 0 bridgehead atoms. The fourth-order valence-corrected chi connectivity index (χ4v) is 2.34. The molecule has 124 valence electrons. The van der Waals surface area contributed by atoms with Crippen LogP contribution in [0, 0.1) is 6.92 Å². The van der Waals surface area contributed by atoms with Gasteiger partial charge in [0.1, 0.15) is 0 Å². The third kappa shape index (κ3) is 5.14. The molecule has 0 aliphatic carbocycles. The number of hydrogen-bond acceptors (Lipinski definition) is 4. The Hall–Kier alpha value is -2.28. The summed E-state index contributed by atoms with van der Waals surface area (Å²) in [6.07, 6.45) is 2.92. The number of ether oxygens (including phenoxy) is 2. The lowest BCUT2D eigenvalue weighted by atomic mass is 10.3. The maximum atomic E-state index is 5.29. The predicted molar refractivity (Wildman–Crippen MR) is 95.4 cm³/mol. The maximum Gasteiger partial charge on any atom is 0.170 e. The van der Waals surface area contributed by atoms with E-state index in [0.717, 1.165) is 30.9 Å². The zero-order valence-corrected chi connectivity index (χ0v) is 14.4. The molecule has 0 aliphatic heterocycles. The third-order valence-corrected chi connectivity index (χ3v) is 3.51. The van der Waals surface area contributed by atoms with Gasteiger partial charge in [-0.05, 0) is 43.8 Å². The largest absolute Gasteiger partial charge is 0.493 e. The van der Waals surface area contributed by atoms with E-state index in [1.807, 2.05) is 42.1 Å². The van der Waals surface area contributed by atoms with Crippen molar-refractivity contribution in [1.82, 2.24) is 15.1 Å². The number of anilines is 1. The van der Waals surface area contributed by atoms with Crippen LogP contribution in [0.3, 0.4) is 0 Å². The summed E-state index contributed by atoms with van der Waals surface area (Å²) in [6, 6.07) is 7.57. The van der Waals surface area contributed by atoms with E-state index in [9.17, 15) is 0 Å². The number of thiocarbonyl (C=S) groups is 1. The molecule has 0 atom stereocenters. The number of nitrogens with one attached hydrogen (secondary N) is 2. The Morgan fingerprint density at radius 3 is 2.65 bits per heavy atom. The van der Waals surface area contributed by atoms with Gasteiger partial charge in [0.2, 0.25) is 0 Å². The van der Waals surface area contributed by atoms with Gasteiger partial charge in [-0.2, -0.15) is 5.10 Å². The summed E-state index contributed by atoms with van der Waals surface area (Å²) in [7, 11) is 3.22. The summed E-state index contributed by atoms with van der Waals surface area (Å²) >= 11 is 5.29. The number of hydrogen-bond donors (Lipinski definition) is 2. The highest BCUT2D eigenvalue weighted by Crippen LogP contribution is 2.29. The average molecular weight is 334 g/mol. The van der Waals surface area contributed by atoms with E-state index in [1.54, 1.807) is 14.2 Å². The fourth-order valence-electron chi connectivity index (χ4n) is 2.12. The van der Waals surface area contributed by atoms with Crippen molar-refractivity contribution in [2.45, 2.75) is 19.9 Å². The van der Waals surface area contributed by atoms with Gasteiger partial charge in [0, 0.05) is 31.0 Å². The maximum absolute atomic E-state index is 5.29. The number of aryl methyl sites for hydroxylation is 2. The van der Waals surface area contributed by atoms with E-state index in [0.29, 0.717) is 16.6 Å². The Kier molecular flexibility index (Phi) is 6.22. The Morgan fingerprint density at radius 2 is 2.00 bits per heavy atom. The number of aromatic nitrogens is 2. The molecule has 0 unspecified atom stereocenters. The lowest BCUT2D eigenvalue weighted by Gasteiger charge is -2.13. The lowest BCUT2D eigenvalue weighted by molar-refractivity contribution is 0.355. The molecule has 23 heavy (non-hydrogen) atoms. The van der Waals surface area contributed by atoms with E-state index < -0.39 is 0 Å². The summed E-state index contributed by atoms with van der Waals surface area (Å²) in [5.74, 6) is 1.35. The van der Waals surface area contributed by atoms with Gasteiger partial charge in [0.15, 0.2) is 16.6 Å². The van der Waals surface area contributed by atoms with Gasteiger partial charge in [-0.3, -0.25) is 4.68 Å². The SMILES string of the molecule is COc1ccc(NC(=S)NCCCn2ccc(C)n2)cc1OC. The smallest absolute Gasteiger partial charge is 0.170 e. The molecule has 2 aromatic rings. The second kappa shape index (κ2) is 8.38. The van der Waals surface area contributed by atoms with E-state index in [4.69, 9.17) is 21.7 Å². The molecule has 1 heterocycles. The molecular formula is C16H22N4O2S. The number of rotatable bonds is 7. The van der Waals surface area contributed by atoms with Crippen molar-refractivity contribution in [1.29, 1.82) is 0 Å². The summed E-state index contributed by atoms with van der Waals surface area (Å²) in [4.78, 5) is 0. The molecule has 0 spiro atoms. The molecule has 1 aromatic heterocycles. The molecule has 0 saturated carbocycles. The first-order valence-electron chi connectivity index (χ1n) is 7.39. The standard InChI is InChI=1S/C16H22N4O2S/c1-12-7-10-20(19-12)9-4-8-17-16(23)18-13-5-6-14(21-2)15(11-13)22-3/h5-7,10-11H,4,8-9H2,1-3H3,(H2,17,18,23). The fraction of sp³-hybridized carbons (Fsp3) is 0.375. The predicted octanol–water partition coefficient (Wildman–Crippen LogP) is 2.59. The van der Waals surface area contributed by atoms with Crippen molar-refractivity contribution in [3.63, 3.8) is 0 Å². The Morgan fingerprint density at radius 1 is 1.22 bits per heavy atom. The van der Waals surface area contributed by atoms with Crippen LogP contribution in [0.25, 0.3) is 0 Å². The highest BCUT2D eigenvalue weighted by Gasteiger charge is 2.05. The van der Waals surface area contributed by atoms with Crippen LogP contribution in [0.4, 0.5) is 5.69 Å². The minimum atomic E-state index is 0.578. The van der Waals surface area contributed by atoms with Gasteiger partial charge in [-0.25, -0.2) is 0 Å². The highest BCUT2D eigenvalue weighted by molar-refractivity contribution is 7.80. The average Bonchev–Trinajstić information content (AvgIpc) is 2.97. The monoisotopic (exact) mass is 334 g/mol. The van der Waals surface area contributed by atoms with Crippen LogP contribution in [0.5, 0.6) is 11.5 Å². The van der Waals surface area contributed by atoms with Gasteiger partial charge in [0.05, 0.1) is 19.9 Å². The van der Waals surface area contributed by atoms with Gasteiger partial charge >= 0.3 is 0 Å². The number of benzene rings is 1. The molecule has 2 rings (SSSR count). The molecule has 0 saturated heterocycles. The molecule has 6 nitrogen and oxygen atoms in total. The first kappa shape index (κ1) is 17.1. The van der Waals surface area contributed by atoms with E-state index in [1.165, 1.54) is 0 Å². The molecule has 0 amide bonds. The van der Waals surface area contributed by atoms with Crippen molar-refractivity contribution >= 4 is 23.0 Å². The van der Waals surface area contributed by atoms with Gasteiger partial charge in [-0.15, -0.1) is 0 Å². The van der Waals surface area contributed by atoms with Crippen LogP contribution in [0.15, 0.2) is 30.5 Å². The van der Waals surface area contributed by atoms with Crippen LogP contribution in [0.2, 0.25) is 0 Å². The zero-order valence-electron chi connectivity index (χ0n) is 13.6. The molecular weight excluding hydrogens is 312 g/mol. The van der Waals surface area contributed by atoms with Crippen LogP contribution in [0.1, 0.15) is 12.1 Å². The van der Waals surface area contributed by atoms with Gasteiger partial charge in [0.25, 0.3) is 0 Å². The Bertz CT molecular complexity index is 657. The summed E-state index contributed by atoms with van der Waals surface area (Å²) < 4.78 is 12.4. The first-order valence-corrected chi connectivity index (χ1v) is 7.80. The van der Waals surface area contributed by atoms with Crippen molar-refractivity contribution in [3.05, 3.63) is 36.2 Å². The minimum Gasteiger partial charge on any atom is -0.493 e. The molecule has 2 N–H and O–H groups in total. The molecule has 0 fully saturated rings. The van der Waals surface area contributed by atoms with Gasteiger partial charge in [-0.1, -0.05) is 0 Å². The Labute approximate surface area is 141 Å². The van der Waals surface area contributed by atoms with E-state index in [-0.39, 0.29) is 0 Å². The topological polar surface area (TPSA) is 60.3 Å². The second-order valence-electron chi connectivity index (χ2n) is 5.02. The summed E-state index contributed by atoms with van der Waals surface area (Å²) in [5.41, 5.74) is 1.88. The van der Waals surface area contributed by atoms with Crippen LogP contribution >= 0.6 is 12.2 Å². The molecule has 0 radical (unpaired) electrons. The van der Waals surface area contributed by atoms with Gasteiger partial charge < -0.3 is 20.1 Å². The lowest BCUT2D eigenvalue weighted by Crippen LogP contribution is -2.29. The van der Waals surface area contributed by atoms with Crippen molar-refractivity contribution in [2.75, 3.05) is 26.1 Å². The van der Waals surface area contributed by atoms with Crippen molar-refractivity contribution < 1.29 is 9.47 Å². The van der Waals surface area contributed by atoms with Crippen LogP contribution < -0.4 is 20.1 Å². The highest BCUT2D eigenvalue weighted by atomic mass is 32.1. The van der Waals surface area contributed by atoms with Crippen molar-refractivity contribution in [3.8, 4) is 11.5 Å². The van der Waals surface area contributed by atoms with E-state index in [2.05, 4.69) is 15.7 Å². The molecule has 1 aromatic carbocycles. The summed E-state index contributed by atoms with van der Waals surface area (Å²) in [5, 5.41) is 11.2. The van der Waals surface area contributed by atoms with Crippen LogP contribution in [-0.2, 0) is 6.54 Å². The minimum absolute atomic E-state index is 0.578. The normalized spacial score (nSPS) is 10.2. The van der Waals surface area contributed by atoms with Crippen LogP contribution in [-0.4, -0.2) is 35.7 Å². The number of nitrogens with zero attached hydrogens (tertiary/aromatic N) is 2.